The molecule has 1 aromatic heterocycles. The average Bonchev–Trinajstić information content (AvgIpc) is 3.03. The van der Waals surface area contributed by atoms with Gasteiger partial charge in [0.05, 0.1) is 12.8 Å². The highest BCUT2D eigenvalue weighted by atomic mass is 16.6. The normalized spacial score (nSPS) is 21.3. The summed E-state index contributed by atoms with van der Waals surface area (Å²) in [6.07, 6.45) is 2.69. The van der Waals surface area contributed by atoms with Crippen molar-refractivity contribution < 1.29 is 19.1 Å². The largest absolute Gasteiger partial charge is 0.467 e. The molecule has 1 aromatic rings. The van der Waals surface area contributed by atoms with Crippen LogP contribution in [-0.4, -0.2) is 56.8 Å². The summed E-state index contributed by atoms with van der Waals surface area (Å²) in [5, 5.41) is 7.92. The van der Waals surface area contributed by atoms with Crippen LogP contribution in [0.2, 0.25) is 0 Å². The molecule has 23 heavy (non-hydrogen) atoms. The van der Waals surface area contributed by atoms with Crippen LogP contribution in [-0.2, 0) is 27.7 Å². The zero-order valence-electron chi connectivity index (χ0n) is 14.3. The lowest BCUT2D eigenvalue weighted by Gasteiger charge is -2.36. The fraction of sp³-hybridized carbons (Fsp3) is 0.733. The third-order valence-electron chi connectivity index (χ3n) is 3.79. The Balaban J connectivity index is 2.32. The number of hydrogen-bond acceptors (Lipinski definition) is 6. The van der Waals surface area contributed by atoms with Gasteiger partial charge in [0.25, 0.3) is 0 Å². The summed E-state index contributed by atoms with van der Waals surface area (Å²) in [7, 11) is 3.08. The SMILES string of the molecule is COC(=O)C1(Cc2cn(C)nn2)CCCN1C(=O)OC(C)(C)C. The number of amides is 1. The van der Waals surface area contributed by atoms with Gasteiger partial charge in [-0.25, -0.2) is 9.59 Å². The van der Waals surface area contributed by atoms with Crippen molar-refractivity contribution in [1.82, 2.24) is 19.9 Å². The van der Waals surface area contributed by atoms with Gasteiger partial charge in [-0.2, -0.15) is 0 Å². The molecule has 1 fully saturated rings. The first-order chi connectivity index (χ1) is 10.7. The second-order valence-corrected chi connectivity index (χ2v) is 6.82. The summed E-state index contributed by atoms with van der Waals surface area (Å²) in [5.74, 6) is -0.452. The van der Waals surface area contributed by atoms with Crippen LogP contribution in [0.15, 0.2) is 6.20 Å². The van der Waals surface area contributed by atoms with Gasteiger partial charge in [0.1, 0.15) is 11.1 Å². The molecule has 0 N–H and O–H groups in total. The Morgan fingerprint density at radius 2 is 2.09 bits per heavy atom. The molecule has 8 heteroatoms. The van der Waals surface area contributed by atoms with Gasteiger partial charge in [-0.05, 0) is 33.6 Å². The lowest BCUT2D eigenvalue weighted by molar-refractivity contribution is -0.153. The molecule has 128 valence electrons. The number of ether oxygens (including phenoxy) is 2. The van der Waals surface area contributed by atoms with E-state index in [0.29, 0.717) is 25.1 Å². The Morgan fingerprint density at radius 1 is 1.39 bits per heavy atom. The molecule has 1 aliphatic rings. The van der Waals surface area contributed by atoms with E-state index in [1.54, 1.807) is 38.7 Å². The Morgan fingerprint density at radius 3 is 2.61 bits per heavy atom. The van der Waals surface area contributed by atoms with Crippen molar-refractivity contribution in [3.05, 3.63) is 11.9 Å². The number of carbonyl (C=O) groups is 2. The molecule has 1 unspecified atom stereocenters. The van der Waals surface area contributed by atoms with E-state index in [9.17, 15) is 9.59 Å². The second kappa shape index (κ2) is 6.17. The summed E-state index contributed by atoms with van der Waals surface area (Å²) in [6, 6.07) is 0. The Kier molecular flexibility index (Phi) is 4.63. The second-order valence-electron chi connectivity index (χ2n) is 6.82. The molecule has 2 rings (SSSR count). The van der Waals surface area contributed by atoms with Crippen molar-refractivity contribution in [2.45, 2.75) is 51.2 Å². The van der Waals surface area contributed by atoms with Crippen molar-refractivity contribution in [3.8, 4) is 0 Å². The maximum absolute atomic E-state index is 12.5. The van der Waals surface area contributed by atoms with E-state index in [-0.39, 0.29) is 6.42 Å². The van der Waals surface area contributed by atoms with Gasteiger partial charge < -0.3 is 9.47 Å². The van der Waals surface area contributed by atoms with E-state index in [1.165, 1.54) is 12.0 Å². The van der Waals surface area contributed by atoms with Crippen LogP contribution in [0.25, 0.3) is 0 Å². The number of methoxy groups -OCH3 is 1. The molecule has 1 saturated heterocycles. The molecule has 0 bridgehead atoms. The molecule has 0 aromatic carbocycles. The van der Waals surface area contributed by atoms with Crippen LogP contribution in [0.5, 0.6) is 0 Å². The van der Waals surface area contributed by atoms with Crippen molar-refractivity contribution >= 4 is 12.1 Å². The van der Waals surface area contributed by atoms with Gasteiger partial charge in [0.15, 0.2) is 0 Å². The predicted octanol–water partition coefficient (Wildman–Crippen LogP) is 1.30. The summed E-state index contributed by atoms with van der Waals surface area (Å²) >= 11 is 0. The summed E-state index contributed by atoms with van der Waals surface area (Å²) in [6.45, 7) is 5.83. The van der Waals surface area contributed by atoms with E-state index >= 15 is 0 Å². The topological polar surface area (TPSA) is 86.6 Å². The minimum Gasteiger partial charge on any atom is -0.467 e. The zero-order chi connectivity index (χ0) is 17.3. The number of nitrogens with zero attached hydrogens (tertiary/aromatic N) is 4. The number of esters is 1. The quantitative estimate of drug-likeness (QED) is 0.779. The minimum absolute atomic E-state index is 0.257. The Labute approximate surface area is 135 Å². The Hall–Kier alpha value is -2.12. The molecule has 0 radical (unpaired) electrons. The number of carbonyl (C=O) groups excluding carboxylic acids is 2. The molecule has 1 aliphatic heterocycles. The summed E-state index contributed by atoms with van der Waals surface area (Å²) < 4.78 is 12.0. The lowest BCUT2D eigenvalue weighted by Crippen LogP contribution is -2.56. The fourth-order valence-corrected chi connectivity index (χ4v) is 2.90. The smallest absolute Gasteiger partial charge is 0.411 e. The van der Waals surface area contributed by atoms with Crippen LogP contribution in [0.4, 0.5) is 4.79 Å². The van der Waals surface area contributed by atoms with Crippen molar-refractivity contribution in [1.29, 1.82) is 0 Å². The highest BCUT2D eigenvalue weighted by molar-refractivity contribution is 5.87. The number of likely N-dealkylation sites (tertiary alicyclic amines) is 1. The van der Waals surface area contributed by atoms with Crippen molar-refractivity contribution in [2.75, 3.05) is 13.7 Å². The predicted molar refractivity (Wildman–Crippen MR) is 81.6 cm³/mol. The van der Waals surface area contributed by atoms with Gasteiger partial charge in [-0.15, -0.1) is 5.10 Å². The third-order valence-corrected chi connectivity index (χ3v) is 3.79. The highest BCUT2D eigenvalue weighted by Gasteiger charge is 2.52. The summed E-state index contributed by atoms with van der Waals surface area (Å²) in [5.41, 5.74) is -1.09. The molecule has 2 heterocycles. The first-order valence-corrected chi connectivity index (χ1v) is 7.62. The van der Waals surface area contributed by atoms with Crippen molar-refractivity contribution in [3.63, 3.8) is 0 Å². The number of aromatic nitrogens is 3. The van der Waals surface area contributed by atoms with Gasteiger partial charge in [0, 0.05) is 26.2 Å². The molecular weight excluding hydrogens is 300 g/mol. The van der Waals surface area contributed by atoms with E-state index < -0.39 is 23.2 Å². The number of aryl methyl sites for hydroxylation is 1. The molecular formula is C15H24N4O4. The molecule has 1 amide bonds. The van der Waals surface area contributed by atoms with Crippen LogP contribution in [0.1, 0.15) is 39.3 Å². The fourth-order valence-electron chi connectivity index (χ4n) is 2.90. The first-order valence-electron chi connectivity index (χ1n) is 7.62. The molecule has 1 atom stereocenters. The van der Waals surface area contributed by atoms with E-state index in [4.69, 9.17) is 9.47 Å². The average molecular weight is 324 g/mol. The zero-order valence-corrected chi connectivity index (χ0v) is 14.3. The van der Waals surface area contributed by atoms with E-state index in [1.807, 2.05) is 0 Å². The minimum atomic E-state index is -1.09. The van der Waals surface area contributed by atoms with Crippen LogP contribution < -0.4 is 0 Å². The molecule has 8 nitrogen and oxygen atoms in total. The van der Waals surface area contributed by atoms with Gasteiger partial charge >= 0.3 is 12.1 Å². The lowest BCUT2D eigenvalue weighted by atomic mass is 9.90. The standard InChI is InChI=1S/C15H24N4O4/c1-14(2,3)23-13(21)19-8-6-7-15(19,12(20)22-5)9-11-10-18(4)17-16-11/h10H,6-9H2,1-5H3. The highest BCUT2D eigenvalue weighted by Crippen LogP contribution is 2.35. The van der Waals surface area contributed by atoms with Crippen LogP contribution >= 0.6 is 0 Å². The van der Waals surface area contributed by atoms with Gasteiger partial charge in [-0.3, -0.25) is 9.58 Å². The molecule has 0 aliphatic carbocycles. The van der Waals surface area contributed by atoms with E-state index in [0.717, 1.165) is 0 Å². The van der Waals surface area contributed by atoms with Crippen molar-refractivity contribution in [2.24, 2.45) is 7.05 Å². The number of rotatable bonds is 3. The van der Waals surface area contributed by atoms with E-state index in [2.05, 4.69) is 10.3 Å². The summed E-state index contributed by atoms with van der Waals surface area (Å²) in [4.78, 5) is 26.5. The molecule has 0 spiro atoms. The number of hydrogen-bond donors (Lipinski definition) is 0. The first kappa shape index (κ1) is 17.2. The van der Waals surface area contributed by atoms with Gasteiger partial charge in [-0.1, -0.05) is 5.21 Å². The van der Waals surface area contributed by atoms with Crippen LogP contribution in [0, 0.1) is 0 Å². The maximum atomic E-state index is 12.5. The maximum Gasteiger partial charge on any atom is 0.411 e. The third kappa shape index (κ3) is 3.62. The molecule has 0 saturated carbocycles. The Bertz CT molecular complexity index is 593. The van der Waals surface area contributed by atoms with Gasteiger partial charge in [0.2, 0.25) is 0 Å². The monoisotopic (exact) mass is 324 g/mol. The van der Waals surface area contributed by atoms with Crippen LogP contribution in [0.3, 0.4) is 0 Å².